The molecule has 0 fully saturated rings. The van der Waals surface area contributed by atoms with Gasteiger partial charge < -0.3 is 11.1 Å². The molecule has 1 aromatic heterocycles. The van der Waals surface area contributed by atoms with Gasteiger partial charge in [-0.05, 0) is 36.6 Å². The van der Waals surface area contributed by atoms with Gasteiger partial charge in [0.15, 0.2) is 0 Å². The number of primary amides is 1. The third kappa shape index (κ3) is 3.39. The molecule has 0 saturated heterocycles. The SMILES string of the molecule is C[C@@H](NCc1cc(C(N)=O)ccc1F)c1cccs1. The van der Waals surface area contributed by atoms with E-state index in [9.17, 15) is 9.18 Å². The number of carbonyl (C=O) groups excluding carboxylic acids is 1. The Hall–Kier alpha value is -1.72. The van der Waals surface area contributed by atoms with Crippen LogP contribution in [-0.2, 0) is 6.54 Å². The van der Waals surface area contributed by atoms with Gasteiger partial charge in [-0.3, -0.25) is 4.79 Å². The minimum Gasteiger partial charge on any atom is -0.366 e. The van der Waals surface area contributed by atoms with Crippen molar-refractivity contribution in [2.75, 3.05) is 0 Å². The normalized spacial score (nSPS) is 12.3. The molecule has 1 atom stereocenters. The molecule has 5 heteroatoms. The number of nitrogens with one attached hydrogen (secondary N) is 1. The quantitative estimate of drug-likeness (QED) is 0.883. The molecule has 1 amide bonds. The van der Waals surface area contributed by atoms with Crippen molar-refractivity contribution in [1.29, 1.82) is 0 Å². The van der Waals surface area contributed by atoms with Crippen molar-refractivity contribution in [3.8, 4) is 0 Å². The van der Waals surface area contributed by atoms with Gasteiger partial charge in [0.1, 0.15) is 5.82 Å². The number of carbonyl (C=O) groups is 1. The van der Waals surface area contributed by atoms with E-state index in [-0.39, 0.29) is 11.9 Å². The fraction of sp³-hybridized carbons (Fsp3) is 0.214. The Kier molecular flexibility index (Phi) is 4.29. The van der Waals surface area contributed by atoms with E-state index in [4.69, 9.17) is 5.73 Å². The maximum Gasteiger partial charge on any atom is 0.248 e. The third-order valence-corrected chi connectivity index (χ3v) is 3.95. The van der Waals surface area contributed by atoms with Gasteiger partial charge in [-0.15, -0.1) is 11.3 Å². The van der Waals surface area contributed by atoms with Crippen LogP contribution < -0.4 is 11.1 Å². The van der Waals surface area contributed by atoms with Crippen LogP contribution in [0.5, 0.6) is 0 Å². The molecule has 2 rings (SSSR count). The van der Waals surface area contributed by atoms with E-state index in [2.05, 4.69) is 5.32 Å². The van der Waals surface area contributed by atoms with Crippen molar-refractivity contribution in [1.82, 2.24) is 5.32 Å². The van der Waals surface area contributed by atoms with E-state index in [1.165, 1.54) is 23.1 Å². The van der Waals surface area contributed by atoms with Crippen LogP contribution in [0.25, 0.3) is 0 Å². The maximum atomic E-state index is 13.6. The standard InChI is InChI=1S/C14H15FN2OS/c1-9(13-3-2-6-19-13)17-8-11-7-10(14(16)18)4-5-12(11)15/h2-7,9,17H,8H2,1H3,(H2,16,18)/t9-/m1/s1. The van der Waals surface area contributed by atoms with Crippen molar-refractivity contribution in [2.45, 2.75) is 19.5 Å². The molecule has 3 N–H and O–H groups in total. The molecule has 0 saturated carbocycles. The van der Waals surface area contributed by atoms with Crippen LogP contribution in [0, 0.1) is 5.82 Å². The highest BCUT2D eigenvalue weighted by Gasteiger charge is 2.10. The largest absolute Gasteiger partial charge is 0.366 e. The predicted molar refractivity (Wildman–Crippen MR) is 74.5 cm³/mol. The molecule has 0 bridgehead atoms. The summed E-state index contributed by atoms with van der Waals surface area (Å²) in [5.41, 5.74) is 5.95. The molecule has 0 aliphatic carbocycles. The lowest BCUT2D eigenvalue weighted by atomic mass is 10.1. The van der Waals surface area contributed by atoms with Crippen LogP contribution >= 0.6 is 11.3 Å². The first kappa shape index (κ1) is 13.7. The molecule has 19 heavy (non-hydrogen) atoms. The molecule has 0 aliphatic rings. The summed E-state index contributed by atoms with van der Waals surface area (Å²) < 4.78 is 13.6. The zero-order valence-corrected chi connectivity index (χ0v) is 11.3. The summed E-state index contributed by atoms with van der Waals surface area (Å²) in [5, 5.41) is 5.23. The van der Waals surface area contributed by atoms with Crippen molar-refractivity contribution < 1.29 is 9.18 Å². The Morgan fingerprint density at radius 2 is 2.26 bits per heavy atom. The first-order valence-corrected chi connectivity index (χ1v) is 6.81. The Morgan fingerprint density at radius 3 is 2.89 bits per heavy atom. The smallest absolute Gasteiger partial charge is 0.248 e. The first-order valence-electron chi connectivity index (χ1n) is 5.93. The Morgan fingerprint density at radius 1 is 1.47 bits per heavy atom. The van der Waals surface area contributed by atoms with Gasteiger partial charge >= 0.3 is 0 Å². The van der Waals surface area contributed by atoms with E-state index >= 15 is 0 Å². The minimum absolute atomic E-state index is 0.136. The molecular weight excluding hydrogens is 263 g/mol. The Balaban J connectivity index is 2.06. The van der Waals surface area contributed by atoms with Crippen molar-refractivity contribution >= 4 is 17.2 Å². The van der Waals surface area contributed by atoms with Crippen molar-refractivity contribution in [3.05, 3.63) is 57.5 Å². The van der Waals surface area contributed by atoms with Crippen LogP contribution in [0.15, 0.2) is 35.7 Å². The lowest BCUT2D eigenvalue weighted by molar-refractivity contribution is 0.1000. The fourth-order valence-electron chi connectivity index (χ4n) is 1.76. The second-order valence-electron chi connectivity index (χ2n) is 4.29. The van der Waals surface area contributed by atoms with Crippen molar-refractivity contribution in [2.24, 2.45) is 5.73 Å². The molecule has 0 radical (unpaired) electrons. The monoisotopic (exact) mass is 278 g/mol. The molecule has 0 unspecified atom stereocenters. The fourth-order valence-corrected chi connectivity index (χ4v) is 2.52. The highest BCUT2D eigenvalue weighted by Crippen LogP contribution is 2.19. The number of rotatable bonds is 5. The van der Waals surface area contributed by atoms with E-state index < -0.39 is 5.91 Å². The van der Waals surface area contributed by atoms with Gasteiger partial charge in [0.2, 0.25) is 5.91 Å². The van der Waals surface area contributed by atoms with Crippen LogP contribution in [0.3, 0.4) is 0 Å². The second kappa shape index (κ2) is 5.95. The zero-order valence-electron chi connectivity index (χ0n) is 10.5. The molecule has 100 valence electrons. The van der Waals surface area contributed by atoms with E-state index in [0.29, 0.717) is 17.7 Å². The number of hydrogen-bond donors (Lipinski definition) is 2. The van der Waals surface area contributed by atoms with Gasteiger partial charge in [0.25, 0.3) is 0 Å². The molecule has 1 aromatic carbocycles. The Labute approximate surface area is 115 Å². The van der Waals surface area contributed by atoms with E-state index in [0.717, 1.165) is 0 Å². The molecule has 0 spiro atoms. The van der Waals surface area contributed by atoms with Gasteiger partial charge in [0.05, 0.1) is 0 Å². The number of nitrogens with two attached hydrogens (primary N) is 1. The summed E-state index contributed by atoms with van der Waals surface area (Å²) in [4.78, 5) is 12.3. The summed E-state index contributed by atoms with van der Waals surface area (Å²) in [6.45, 7) is 2.37. The zero-order chi connectivity index (χ0) is 13.8. The third-order valence-electron chi connectivity index (χ3n) is 2.90. The molecular formula is C14H15FN2OS. The Bertz CT molecular complexity index is 569. The van der Waals surface area contributed by atoms with Gasteiger partial charge in [0, 0.05) is 28.6 Å². The molecule has 0 aliphatic heterocycles. The summed E-state index contributed by atoms with van der Waals surface area (Å²) in [6.07, 6.45) is 0. The molecule has 1 heterocycles. The van der Waals surface area contributed by atoms with Gasteiger partial charge in [-0.1, -0.05) is 6.07 Å². The topological polar surface area (TPSA) is 55.1 Å². The first-order chi connectivity index (χ1) is 9.08. The van der Waals surface area contributed by atoms with E-state index in [1.807, 2.05) is 24.4 Å². The molecule has 3 nitrogen and oxygen atoms in total. The minimum atomic E-state index is -0.549. The van der Waals surface area contributed by atoms with Gasteiger partial charge in [-0.25, -0.2) is 4.39 Å². The average molecular weight is 278 g/mol. The molecule has 2 aromatic rings. The summed E-state index contributed by atoms with van der Waals surface area (Å²) in [5.74, 6) is -0.886. The highest BCUT2D eigenvalue weighted by atomic mass is 32.1. The van der Waals surface area contributed by atoms with Crippen LogP contribution in [0.1, 0.15) is 33.8 Å². The van der Waals surface area contributed by atoms with Gasteiger partial charge in [-0.2, -0.15) is 0 Å². The average Bonchev–Trinajstić information content (AvgIpc) is 2.91. The van der Waals surface area contributed by atoms with Crippen LogP contribution in [0.4, 0.5) is 4.39 Å². The lowest BCUT2D eigenvalue weighted by Crippen LogP contribution is -2.19. The number of benzene rings is 1. The van der Waals surface area contributed by atoms with Crippen LogP contribution in [-0.4, -0.2) is 5.91 Å². The summed E-state index contributed by atoms with van der Waals surface area (Å²) >= 11 is 1.65. The second-order valence-corrected chi connectivity index (χ2v) is 5.27. The van der Waals surface area contributed by atoms with Crippen molar-refractivity contribution in [3.63, 3.8) is 0 Å². The highest BCUT2D eigenvalue weighted by molar-refractivity contribution is 7.10. The maximum absolute atomic E-state index is 13.6. The summed E-state index contributed by atoms with van der Waals surface area (Å²) in [7, 11) is 0. The number of halogens is 1. The van der Waals surface area contributed by atoms with Crippen LogP contribution in [0.2, 0.25) is 0 Å². The lowest BCUT2D eigenvalue weighted by Gasteiger charge is -2.13. The number of thiophene rings is 1. The van der Waals surface area contributed by atoms with E-state index in [1.54, 1.807) is 11.3 Å². The predicted octanol–water partition coefficient (Wildman–Crippen LogP) is 2.84. The number of amides is 1. The summed E-state index contributed by atoms with van der Waals surface area (Å²) in [6, 6.07) is 8.30. The number of hydrogen-bond acceptors (Lipinski definition) is 3.